The lowest BCUT2D eigenvalue weighted by Gasteiger charge is -2.26. The van der Waals surface area contributed by atoms with Crippen LogP contribution in [0.2, 0.25) is 0 Å². The number of carbonyl (C=O) groups excluding carboxylic acids is 6. The van der Waals surface area contributed by atoms with E-state index in [0.717, 1.165) is 11.1 Å². The Labute approximate surface area is 278 Å². The Balaban J connectivity index is 1.63. The van der Waals surface area contributed by atoms with Crippen LogP contribution in [-0.2, 0) is 43.4 Å². The number of benzene rings is 2. The molecule has 48 heavy (non-hydrogen) atoms. The van der Waals surface area contributed by atoms with Crippen molar-refractivity contribution in [2.45, 2.75) is 57.3 Å². The zero-order chi connectivity index (χ0) is 34.6. The van der Waals surface area contributed by atoms with Crippen LogP contribution in [0.15, 0.2) is 71.3 Å². The highest BCUT2D eigenvalue weighted by atomic mass is 16.5. The molecule has 0 unspecified atom stereocenters. The summed E-state index contributed by atoms with van der Waals surface area (Å²) in [5.74, 6) is -2.81. The summed E-state index contributed by atoms with van der Waals surface area (Å²) in [7, 11) is 3.19. The average Bonchev–Trinajstić information content (AvgIpc) is 3.55. The molecule has 1 aliphatic heterocycles. The van der Waals surface area contributed by atoms with Crippen molar-refractivity contribution in [2.24, 2.45) is 0 Å². The predicted molar refractivity (Wildman–Crippen MR) is 174 cm³/mol. The normalized spacial score (nSPS) is 19.6. The maximum absolute atomic E-state index is 13.8. The molecule has 3 atom stereocenters. The first-order valence-corrected chi connectivity index (χ1v) is 15.7. The van der Waals surface area contributed by atoms with Gasteiger partial charge in [-0.05, 0) is 18.1 Å². The third-order valence-corrected chi connectivity index (χ3v) is 7.80. The van der Waals surface area contributed by atoms with Gasteiger partial charge in [0, 0.05) is 58.9 Å². The molecule has 2 aromatic carbocycles. The maximum atomic E-state index is 13.8. The van der Waals surface area contributed by atoms with Crippen molar-refractivity contribution < 1.29 is 33.3 Å². The van der Waals surface area contributed by atoms with Crippen molar-refractivity contribution in [3.8, 4) is 0 Å². The van der Waals surface area contributed by atoms with E-state index >= 15 is 0 Å². The monoisotopic (exact) mass is 659 g/mol. The molecular weight excluding hydrogens is 618 g/mol. The topological polar surface area (TPSA) is 183 Å². The van der Waals surface area contributed by atoms with Crippen molar-refractivity contribution >= 4 is 35.4 Å². The van der Waals surface area contributed by atoms with Crippen LogP contribution in [0.5, 0.6) is 0 Å². The summed E-state index contributed by atoms with van der Waals surface area (Å²) in [5.41, 5.74) is 1.45. The SMILES string of the molecule is C[C@@H]1NC(=O)c2cc(on2)CN(C(=O)CCC(=O)N(C)C)CCNC(=O)[C@@H](Cc2ccccc2)NC(=O)[C@H](Cc2ccccc2)NC1=O. The van der Waals surface area contributed by atoms with Gasteiger partial charge < -0.3 is 35.6 Å². The Morgan fingerprint density at radius 3 is 2.02 bits per heavy atom. The molecular formula is C34H41N7O7. The van der Waals surface area contributed by atoms with Crippen LogP contribution in [0.1, 0.15) is 47.1 Å². The third-order valence-electron chi connectivity index (χ3n) is 7.80. The van der Waals surface area contributed by atoms with Crippen molar-refractivity contribution in [2.75, 3.05) is 27.2 Å². The fourth-order valence-electron chi connectivity index (χ4n) is 5.03. The second-order valence-electron chi connectivity index (χ2n) is 11.8. The van der Waals surface area contributed by atoms with E-state index in [0.29, 0.717) is 0 Å². The highest BCUT2D eigenvalue weighted by molar-refractivity contribution is 5.97. The molecule has 2 heterocycles. The number of rotatable bonds is 7. The molecule has 0 fully saturated rings. The van der Waals surface area contributed by atoms with E-state index in [-0.39, 0.29) is 68.6 Å². The zero-order valence-corrected chi connectivity index (χ0v) is 27.2. The maximum Gasteiger partial charge on any atom is 0.274 e. The van der Waals surface area contributed by atoms with Crippen molar-refractivity contribution in [3.63, 3.8) is 0 Å². The van der Waals surface area contributed by atoms with Gasteiger partial charge in [-0.3, -0.25) is 28.8 Å². The third kappa shape index (κ3) is 10.2. The summed E-state index contributed by atoms with van der Waals surface area (Å²) in [4.78, 5) is 81.8. The first-order chi connectivity index (χ1) is 23.0. The number of nitrogens with zero attached hydrogens (tertiary/aromatic N) is 3. The highest BCUT2D eigenvalue weighted by Crippen LogP contribution is 2.12. The van der Waals surface area contributed by atoms with Gasteiger partial charge in [-0.25, -0.2) is 0 Å². The Morgan fingerprint density at radius 2 is 1.42 bits per heavy atom. The van der Waals surface area contributed by atoms with Gasteiger partial charge in [-0.1, -0.05) is 65.8 Å². The predicted octanol–water partition coefficient (Wildman–Crippen LogP) is 0.575. The molecule has 1 aromatic heterocycles. The van der Waals surface area contributed by atoms with Crippen LogP contribution < -0.4 is 21.3 Å². The van der Waals surface area contributed by atoms with E-state index < -0.39 is 41.8 Å². The van der Waals surface area contributed by atoms with Crippen LogP contribution in [-0.4, -0.2) is 95.7 Å². The van der Waals surface area contributed by atoms with Gasteiger partial charge in [-0.2, -0.15) is 0 Å². The van der Waals surface area contributed by atoms with E-state index in [1.54, 1.807) is 14.1 Å². The van der Waals surface area contributed by atoms with Gasteiger partial charge in [0.1, 0.15) is 18.1 Å². The minimum Gasteiger partial charge on any atom is -0.359 e. The highest BCUT2D eigenvalue weighted by Gasteiger charge is 2.30. The summed E-state index contributed by atoms with van der Waals surface area (Å²) in [6.07, 6.45) is 0.175. The van der Waals surface area contributed by atoms with Gasteiger partial charge in [0.2, 0.25) is 29.5 Å². The molecule has 4 N–H and O–H groups in total. The minimum atomic E-state index is -1.08. The average molecular weight is 660 g/mol. The number of amides is 6. The number of hydrogen-bond acceptors (Lipinski definition) is 8. The molecule has 0 saturated heterocycles. The summed E-state index contributed by atoms with van der Waals surface area (Å²) in [6, 6.07) is 16.4. The molecule has 1 aliphatic rings. The Hall–Kier alpha value is -5.53. The standard InChI is InChI=1S/C34H41N7O7/c1-22-31(44)37-27(19-24-12-8-5-9-13-24)33(46)38-26(18-23-10-6-4-7-11-23)32(45)35-16-17-41(30(43)15-14-29(42)40(2)3)21-25-20-28(39-48-25)34(47)36-22/h4-13,20,22,26-27H,14-19,21H2,1-3H3,(H,35,45)(H,36,47)(H,37,44)(H,38,46)/t22-,26+,27-/m0/s1. The van der Waals surface area contributed by atoms with E-state index in [1.165, 1.54) is 22.8 Å². The largest absolute Gasteiger partial charge is 0.359 e. The fourth-order valence-corrected chi connectivity index (χ4v) is 5.03. The molecule has 2 bridgehead atoms. The lowest BCUT2D eigenvalue weighted by Crippen LogP contribution is -2.57. The molecule has 6 amide bonds. The first-order valence-electron chi connectivity index (χ1n) is 15.7. The molecule has 3 aromatic rings. The summed E-state index contributed by atoms with van der Waals surface area (Å²) in [5, 5.41) is 14.7. The van der Waals surface area contributed by atoms with Gasteiger partial charge in [0.15, 0.2) is 11.5 Å². The molecule has 254 valence electrons. The van der Waals surface area contributed by atoms with E-state index in [2.05, 4.69) is 26.4 Å². The number of hydrogen-bond donors (Lipinski definition) is 4. The first kappa shape index (κ1) is 35.3. The van der Waals surface area contributed by atoms with E-state index in [1.807, 2.05) is 60.7 Å². The van der Waals surface area contributed by atoms with Crippen LogP contribution in [0.3, 0.4) is 0 Å². The van der Waals surface area contributed by atoms with Crippen molar-refractivity contribution in [1.82, 2.24) is 36.2 Å². The van der Waals surface area contributed by atoms with Crippen molar-refractivity contribution in [1.29, 1.82) is 0 Å². The summed E-state index contributed by atoms with van der Waals surface area (Å²) < 4.78 is 5.34. The Kier molecular flexibility index (Phi) is 12.4. The van der Waals surface area contributed by atoms with Gasteiger partial charge in [0.25, 0.3) is 5.91 Å². The molecule has 0 radical (unpaired) electrons. The minimum absolute atomic E-state index is 0.0105. The lowest BCUT2D eigenvalue weighted by molar-refractivity contribution is -0.136. The molecule has 0 aliphatic carbocycles. The second-order valence-corrected chi connectivity index (χ2v) is 11.8. The number of carbonyl (C=O) groups is 6. The van der Waals surface area contributed by atoms with E-state index in [4.69, 9.17) is 4.52 Å². The van der Waals surface area contributed by atoms with Crippen LogP contribution in [0.4, 0.5) is 0 Å². The van der Waals surface area contributed by atoms with Crippen molar-refractivity contribution in [3.05, 3.63) is 89.3 Å². The van der Waals surface area contributed by atoms with Crippen LogP contribution in [0.25, 0.3) is 0 Å². The van der Waals surface area contributed by atoms with Crippen LogP contribution in [0, 0.1) is 0 Å². The Morgan fingerprint density at radius 1 is 0.833 bits per heavy atom. The van der Waals surface area contributed by atoms with Crippen LogP contribution >= 0.6 is 0 Å². The number of nitrogens with one attached hydrogen (secondary N) is 4. The summed E-state index contributed by atoms with van der Waals surface area (Å²) >= 11 is 0. The Bertz CT molecular complexity index is 1590. The molecule has 14 heteroatoms. The smallest absolute Gasteiger partial charge is 0.274 e. The molecule has 14 nitrogen and oxygen atoms in total. The quantitative estimate of drug-likeness (QED) is 0.284. The molecule has 0 saturated carbocycles. The summed E-state index contributed by atoms with van der Waals surface area (Å²) in [6.45, 7) is 1.42. The molecule has 4 rings (SSSR count). The van der Waals surface area contributed by atoms with E-state index in [9.17, 15) is 28.8 Å². The fraction of sp³-hybridized carbons (Fsp3) is 0.382. The zero-order valence-electron chi connectivity index (χ0n) is 27.2. The number of aromatic nitrogens is 1. The van der Waals surface area contributed by atoms with Gasteiger partial charge in [-0.15, -0.1) is 0 Å². The lowest BCUT2D eigenvalue weighted by atomic mass is 10.0. The van der Waals surface area contributed by atoms with Gasteiger partial charge in [0.05, 0.1) is 6.54 Å². The number of fused-ring (bicyclic) bond motifs is 2. The molecule has 0 spiro atoms. The van der Waals surface area contributed by atoms with Gasteiger partial charge >= 0.3 is 0 Å². The second kappa shape index (κ2) is 16.9.